The maximum absolute atomic E-state index is 5.50. The lowest BCUT2D eigenvalue weighted by atomic mass is 9.99. The molecule has 0 saturated carbocycles. The van der Waals surface area contributed by atoms with Gasteiger partial charge in [0, 0.05) is 17.3 Å². The molecule has 2 heterocycles. The molecule has 3 nitrogen and oxygen atoms in total. The monoisotopic (exact) mass is 302 g/mol. The van der Waals surface area contributed by atoms with Crippen molar-refractivity contribution in [3.8, 4) is 22.5 Å². The van der Waals surface area contributed by atoms with Crippen LogP contribution < -0.4 is 0 Å². The molecule has 0 unspecified atom stereocenters. The number of rotatable bonds is 3. The minimum atomic E-state index is 0.525. The average Bonchev–Trinajstić information content (AvgIpc) is 3.16. The van der Waals surface area contributed by atoms with Crippen LogP contribution in [-0.2, 0) is 0 Å². The Morgan fingerprint density at radius 2 is 1.65 bits per heavy atom. The minimum Gasteiger partial charge on any atom is -0.432 e. The highest BCUT2D eigenvalue weighted by molar-refractivity contribution is 5.81. The van der Waals surface area contributed by atoms with E-state index in [0.717, 1.165) is 22.5 Å². The van der Waals surface area contributed by atoms with Crippen molar-refractivity contribution in [2.45, 2.75) is 19.8 Å². The van der Waals surface area contributed by atoms with Crippen LogP contribution in [0.15, 0.2) is 71.5 Å². The van der Waals surface area contributed by atoms with E-state index in [4.69, 9.17) is 4.42 Å². The highest BCUT2D eigenvalue weighted by Gasteiger charge is 2.17. The number of hydrogen-bond acceptors (Lipinski definition) is 2. The van der Waals surface area contributed by atoms with Gasteiger partial charge in [0.2, 0.25) is 0 Å². The fraction of sp³-hybridized carbons (Fsp3) is 0.150. The molecule has 23 heavy (non-hydrogen) atoms. The van der Waals surface area contributed by atoms with E-state index >= 15 is 0 Å². The van der Waals surface area contributed by atoms with Gasteiger partial charge in [-0.1, -0.05) is 68.4 Å². The SMILES string of the molecule is CC(C)c1ccc(-c2c(-c3ccccc3)nc3occn23)cc1. The van der Waals surface area contributed by atoms with Crippen molar-refractivity contribution < 1.29 is 4.42 Å². The Bertz CT molecular complexity index is 931. The highest BCUT2D eigenvalue weighted by Crippen LogP contribution is 2.33. The first kappa shape index (κ1) is 13.8. The molecule has 0 amide bonds. The van der Waals surface area contributed by atoms with Gasteiger partial charge in [-0.2, -0.15) is 4.98 Å². The summed E-state index contributed by atoms with van der Waals surface area (Å²) in [6, 6.07) is 18.9. The van der Waals surface area contributed by atoms with Gasteiger partial charge in [-0.05, 0) is 11.5 Å². The molecular weight excluding hydrogens is 284 g/mol. The van der Waals surface area contributed by atoms with Crippen LogP contribution in [0.2, 0.25) is 0 Å². The first-order valence-corrected chi connectivity index (χ1v) is 7.85. The molecule has 3 heteroatoms. The smallest absolute Gasteiger partial charge is 0.306 e. The largest absolute Gasteiger partial charge is 0.432 e. The van der Waals surface area contributed by atoms with Gasteiger partial charge >= 0.3 is 5.84 Å². The molecule has 2 aromatic carbocycles. The Morgan fingerprint density at radius 3 is 2.35 bits per heavy atom. The van der Waals surface area contributed by atoms with Crippen LogP contribution >= 0.6 is 0 Å². The molecule has 0 radical (unpaired) electrons. The summed E-state index contributed by atoms with van der Waals surface area (Å²) >= 11 is 0. The molecule has 0 spiro atoms. The zero-order valence-electron chi connectivity index (χ0n) is 13.2. The molecule has 4 rings (SSSR count). The highest BCUT2D eigenvalue weighted by atomic mass is 16.3. The van der Waals surface area contributed by atoms with Crippen LogP contribution in [0.25, 0.3) is 28.4 Å². The Kier molecular flexibility index (Phi) is 3.27. The number of hydrogen-bond donors (Lipinski definition) is 0. The third-order valence-electron chi connectivity index (χ3n) is 4.16. The summed E-state index contributed by atoms with van der Waals surface area (Å²) in [4.78, 5) is 4.67. The molecule has 4 aromatic rings. The predicted molar refractivity (Wildman–Crippen MR) is 92.4 cm³/mol. The van der Waals surface area contributed by atoms with Crippen LogP contribution in [0.3, 0.4) is 0 Å². The maximum Gasteiger partial charge on any atom is 0.306 e. The molecule has 0 atom stereocenters. The zero-order chi connectivity index (χ0) is 15.8. The average molecular weight is 302 g/mol. The molecule has 0 fully saturated rings. The molecular formula is C20H18N2O. The van der Waals surface area contributed by atoms with E-state index < -0.39 is 0 Å². The lowest BCUT2D eigenvalue weighted by molar-refractivity contribution is 0.596. The van der Waals surface area contributed by atoms with Crippen LogP contribution in [0.5, 0.6) is 0 Å². The number of aromatic nitrogens is 2. The molecule has 0 aliphatic rings. The first-order chi connectivity index (χ1) is 11.2. The van der Waals surface area contributed by atoms with E-state index in [2.05, 4.69) is 55.2 Å². The van der Waals surface area contributed by atoms with Crippen molar-refractivity contribution in [3.05, 3.63) is 72.6 Å². The second kappa shape index (κ2) is 5.43. The van der Waals surface area contributed by atoms with Crippen LogP contribution in [-0.4, -0.2) is 9.38 Å². The molecule has 0 N–H and O–H groups in total. The fourth-order valence-electron chi connectivity index (χ4n) is 2.88. The summed E-state index contributed by atoms with van der Waals surface area (Å²) in [5.41, 5.74) is 5.58. The maximum atomic E-state index is 5.50. The lowest BCUT2D eigenvalue weighted by Crippen LogP contribution is -1.90. The third-order valence-corrected chi connectivity index (χ3v) is 4.16. The Balaban J connectivity index is 1.92. The van der Waals surface area contributed by atoms with E-state index in [-0.39, 0.29) is 0 Å². The Morgan fingerprint density at radius 1 is 0.913 bits per heavy atom. The van der Waals surface area contributed by atoms with Gasteiger partial charge in [0.1, 0.15) is 12.0 Å². The van der Waals surface area contributed by atoms with E-state index in [1.165, 1.54) is 5.56 Å². The van der Waals surface area contributed by atoms with Gasteiger partial charge in [0.25, 0.3) is 0 Å². The van der Waals surface area contributed by atoms with Gasteiger partial charge in [0.05, 0.1) is 5.69 Å². The minimum absolute atomic E-state index is 0.525. The Labute approximate surface area is 135 Å². The number of oxazole rings is 1. The van der Waals surface area contributed by atoms with Gasteiger partial charge in [-0.25, -0.2) is 0 Å². The summed E-state index contributed by atoms with van der Waals surface area (Å²) in [6.45, 7) is 4.41. The first-order valence-electron chi connectivity index (χ1n) is 7.85. The predicted octanol–water partition coefficient (Wildman–Crippen LogP) is 5.38. The van der Waals surface area contributed by atoms with E-state index in [0.29, 0.717) is 11.8 Å². The van der Waals surface area contributed by atoms with Crippen LogP contribution in [0, 0.1) is 0 Å². The van der Waals surface area contributed by atoms with Crippen molar-refractivity contribution in [2.75, 3.05) is 0 Å². The normalized spacial score (nSPS) is 11.4. The van der Waals surface area contributed by atoms with E-state index in [9.17, 15) is 0 Å². The second-order valence-electron chi connectivity index (χ2n) is 6.01. The second-order valence-corrected chi connectivity index (χ2v) is 6.01. The molecule has 0 aliphatic carbocycles. The summed E-state index contributed by atoms with van der Waals surface area (Å²) < 4.78 is 7.50. The third kappa shape index (κ3) is 2.34. The zero-order valence-corrected chi connectivity index (χ0v) is 13.2. The van der Waals surface area contributed by atoms with Gasteiger partial charge in [-0.15, -0.1) is 0 Å². The Hall–Kier alpha value is -2.81. The summed E-state index contributed by atoms with van der Waals surface area (Å²) in [5, 5.41) is 0. The number of fused-ring (bicyclic) bond motifs is 1. The van der Waals surface area contributed by atoms with Gasteiger partial charge in [0.15, 0.2) is 0 Å². The fourth-order valence-corrected chi connectivity index (χ4v) is 2.88. The topological polar surface area (TPSA) is 30.4 Å². The van der Waals surface area contributed by atoms with Gasteiger partial charge < -0.3 is 4.42 Å². The van der Waals surface area contributed by atoms with Crippen molar-refractivity contribution in [1.82, 2.24) is 9.38 Å². The molecule has 0 bridgehead atoms. The van der Waals surface area contributed by atoms with Crippen molar-refractivity contribution in [3.63, 3.8) is 0 Å². The molecule has 0 aliphatic heterocycles. The molecule has 0 saturated heterocycles. The molecule has 2 aromatic heterocycles. The van der Waals surface area contributed by atoms with Crippen LogP contribution in [0.4, 0.5) is 0 Å². The standard InChI is InChI=1S/C20H18N2O/c1-14(2)15-8-10-17(11-9-15)19-18(16-6-4-3-5-7-16)21-20-22(19)12-13-23-20/h3-14H,1-2H3. The number of imidazole rings is 1. The lowest BCUT2D eigenvalue weighted by Gasteiger charge is -2.08. The van der Waals surface area contributed by atoms with E-state index in [1.807, 2.05) is 28.8 Å². The van der Waals surface area contributed by atoms with E-state index in [1.54, 1.807) is 6.26 Å². The quantitative estimate of drug-likeness (QED) is 0.508. The summed E-state index contributed by atoms with van der Waals surface area (Å²) in [7, 11) is 0. The molecule has 114 valence electrons. The van der Waals surface area contributed by atoms with Crippen LogP contribution in [0.1, 0.15) is 25.3 Å². The van der Waals surface area contributed by atoms with Crippen molar-refractivity contribution in [1.29, 1.82) is 0 Å². The van der Waals surface area contributed by atoms with Crippen molar-refractivity contribution >= 4 is 5.84 Å². The number of benzene rings is 2. The van der Waals surface area contributed by atoms with Gasteiger partial charge in [-0.3, -0.25) is 4.40 Å². The number of nitrogens with zero attached hydrogens (tertiary/aromatic N) is 2. The van der Waals surface area contributed by atoms with Crippen molar-refractivity contribution in [2.24, 2.45) is 0 Å². The summed E-state index contributed by atoms with van der Waals surface area (Å²) in [5.74, 6) is 1.14. The summed E-state index contributed by atoms with van der Waals surface area (Å²) in [6.07, 6.45) is 3.59.